The number of phenols is 2. The highest BCUT2D eigenvalue weighted by atomic mass is 16.6. The molecule has 0 saturated heterocycles. The number of methoxy groups -OCH3 is 1. The summed E-state index contributed by atoms with van der Waals surface area (Å²) in [4.78, 5) is 37.9. The van der Waals surface area contributed by atoms with Crippen LogP contribution in [0.3, 0.4) is 0 Å². The van der Waals surface area contributed by atoms with Gasteiger partial charge in [0.2, 0.25) is 11.9 Å². The number of esters is 2. The summed E-state index contributed by atoms with van der Waals surface area (Å²) < 4.78 is 9.80. The summed E-state index contributed by atoms with van der Waals surface area (Å²) >= 11 is 0. The molecule has 0 aliphatic heterocycles. The van der Waals surface area contributed by atoms with Crippen molar-refractivity contribution >= 4 is 17.8 Å². The van der Waals surface area contributed by atoms with Gasteiger partial charge < -0.3 is 30.3 Å². The molecule has 150 valence electrons. The smallest absolute Gasteiger partial charge is 0.341 e. The van der Waals surface area contributed by atoms with Gasteiger partial charge in [0.05, 0.1) is 13.2 Å². The second kappa shape index (κ2) is 8.72. The maximum atomic E-state index is 12.6. The van der Waals surface area contributed by atoms with Crippen molar-refractivity contribution in [3.8, 4) is 11.5 Å². The number of benzene rings is 1. The first-order chi connectivity index (χ1) is 12.4. The Hall–Kier alpha value is -2.81. The van der Waals surface area contributed by atoms with Crippen molar-refractivity contribution in [2.75, 3.05) is 14.2 Å². The van der Waals surface area contributed by atoms with Crippen molar-refractivity contribution < 1.29 is 34.1 Å². The van der Waals surface area contributed by atoms with Gasteiger partial charge in [0, 0.05) is 7.05 Å². The Balaban J connectivity index is 2.97. The molecule has 0 bridgehead atoms. The summed E-state index contributed by atoms with van der Waals surface area (Å²) in [5.74, 6) is -3.22. The number of nitrogens with zero attached hydrogens (tertiary/aromatic N) is 1. The monoisotopic (exact) mass is 382 g/mol. The highest BCUT2D eigenvalue weighted by Crippen LogP contribution is 2.25. The van der Waals surface area contributed by atoms with Crippen molar-refractivity contribution in [1.82, 2.24) is 4.90 Å². The number of aromatic hydroxyl groups is 2. The molecule has 1 aromatic carbocycles. The van der Waals surface area contributed by atoms with Gasteiger partial charge in [-0.3, -0.25) is 4.79 Å². The van der Waals surface area contributed by atoms with Crippen LogP contribution < -0.4 is 5.73 Å². The average molecular weight is 382 g/mol. The van der Waals surface area contributed by atoms with Crippen LogP contribution in [0.15, 0.2) is 18.2 Å². The van der Waals surface area contributed by atoms with Crippen LogP contribution in [0.2, 0.25) is 0 Å². The number of amides is 1. The van der Waals surface area contributed by atoms with E-state index in [1.165, 1.54) is 25.2 Å². The molecular weight excluding hydrogens is 356 g/mol. The van der Waals surface area contributed by atoms with Crippen LogP contribution in [0.5, 0.6) is 11.5 Å². The van der Waals surface area contributed by atoms with Crippen LogP contribution in [0.25, 0.3) is 0 Å². The van der Waals surface area contributed by atoms with E-state index in [4.69, 9.17) is 10.5 Å². The van der Waals surface area contributed by atoms with Gasteiger partial charge in [-0.2, -0.15) is 0 Å². The van der Waals surface area contributed by atoms with E-state index in [1.54, 1.807) is 20.8 Å². The number of carbonyl (C=O) groups excluding carboxylic acids is 3. The molecule has 0 heterocycles. The third-order valence-electron chi connectivity index (χ3n) is 3.60. The normalized spacial score (nSPS) is 13.4. The molecule has 1 unspecified atom stereocenters. The first kappa shape index (κ1) is 22.2. The van der Waals surface area contributed by atoms with E-state index >= 15 is 0 Å². The van der Waals surface area contributed by atoms with Crippen LogP contribution in [0.4, 0.5) is 0 Å². The van der Waals surface area contributed by atoms with Crippen LogP contribution in [-0.2, 0) is 30.3 Å². The van der Waals surface area contributed by atoms with E-state index in [0.717, 1.165) is 12.0 Å². The van der Waals surface area contributed by atoms with Gasteiger partial charge in [0.25, 0.3) is 0 Å². The Morgan fingerprint density at radius 1 is 1.15 bits per heavy atom. The molecule has 0 saturated carbocycles. The largest absolute Gasteiger partial charge is 0.504 e. The number of hydrogen-bond donors (Lipinski definition) is 3. The predicted octanol–water partition coefficient (Wildman–Crippen LogP) is 0.309. The number of rotatable bonds is 6. The Bertz CT molecular complexity index is 712. The van der Waals surface area contributed by atoms with Gasteiger partial charge in [-0.1, -0.05) is 6.07 Å². The second-order valence-corrected chi connectivity index (χ2v) is 7.04. The molecule has 9 heteroatoms. The lowest BCUT2D eigenvalue weighted by molar-refractivity contribution is -0.172. The average Bonchev–Trinajstić information content (AvgIpc) is 2.55. The minimum Gasteiger partial charge on any atom is -0.504 e. The first-order valence-electron chi connectivity index (χ1n) is 8.21. The molecule has 0 aliphatic carbocycles. The minimum atomic E-state index is -1.60. The summed E-state index contributed by atoms with van der Waals surface area (Å²) in [6.45, 7) is 4.89. The maximum Gasteiger partial charge on any atom is 0.341 e. The molecule has 2 atom stereocenters. The first-order valence-corrected chi connectivity index (χ1v) is 8.21. The van der Waals surface area contributed by atoms with Crippen molar-refractivity contribution in [2.24, 2.45) is 5.73 Å². The van der Waals surface area contributed by atoms with E-state index in [9.17, 15) is 24.6 Å². The second-order valence-electron chi connectivity index (χ2n) is 7.04. The van der Waals surface area contributed by atoms with Crippen LogP contribution in [-0.4, -0.2) is 64.8 Å². The summed E-state index contributed by atoms with van der Waals surface area (Å²) in [6, 6.07) is 1.33. The topological polar surface area (TPSA) is 139 Å². The fraction of sp³-hybridized carbons (Fsp3) is 0.500. The van der Waals surface area contributed by atoms with Gasteiger partial charge in [0.15, 0.2) is 11.5 Å². The predicted molar refractivity (Wildman–Crippen MR) is 95.9 cm³/mol. The molecule has 1 amide bonds. The van der Waals surface area contributed by atoms with Crippen LogP contribution >= 0.6 is 0 Å². The quantitative estimate of drug-likeness (QED) is 0.363. The van der Waals surface area contributed by atoms with Gasteiger partial charge >= 0.3 is 11.9 Å². The summed E-state index contributed by atoms with van der Waals surface area (Å²) in [5, 5.41) is 18.9. The van der Waals surface area contributed by atoms with Crippen molar-refractivity contribution in [3.63, 3.8) is 0 Å². The lowest BCUT2D eigenvalue weighted by atomic mass is 10.0. The fourth-order valence-corrected chi connectivity index (χ4v) is 2.31. The van der Waals surface area contributed by atoms with Gasteiger partial charge in [0.1, 0.15) is 5.60 Å². The third kappa shape index (κ3) is 6.14. The zero-order chi connectivity index (χ0) is 20.9. The molecule has 9 nitrogen and oxygen atoms in total. The number of likely N-dealkylation sites (N-methyl/N-ethyl adjacent to an activating group) is 1. The number of hydrogen-bond acceptors (Lipinski definition) is 8. The molecule has 27 heavy (non-hydrogen) atoms. The molecule has 1 rings (SSSR count). The maximum absolute atomic E-state index is 12.6. The summed E-state index contributed by atoms with van der Waals surface area (Å²) in [7, 11) is 2.35. The van der Waals surface area contributed by atoms with E-state index in [1.807, 2.05) is 0 Å². The number of ether oxygens (including phenoxy) is 2. The molecule has 0 aromatic heterocycles. The molecular formula is C18H26N2O7. The Labute approximate surface area is 157 Å². The van der Waals surface area contributed by atoms with E-state index in [0.29, 0.717) is 5.56 Å². The highest BCUT2D eigenvalue weighted by molar-refractivity contribution is 6.03. The fourth-order valence-electron chi connectivity index (χ4n) is 2.31. The SMILES string of the molecule is COC(=O)C(C(=O)OC(C)(C)C)N(C)C(=O)[C@@H](N)Cc1ccc(O)c(O)c1. The summed E-state index contributed by atoms with van der Waals surface area (Å²) in [5.41, 5.74) is 5.54. The Morgan fingerprint density at radius 3 is 2.22 bits per heavy atom. The van der Waals surface area contributed by atoms with E-state index in [2.05, 4.69) is 4.74 Å². The number of nitrogens with two attached hydrogens (primary N) is 1. The lowest BCUT2D eigenvalue weighted by Crippen LogP contribution is -2.54. The highest BCUT2D eigenvalue weighted by Gasteiger charge is 2.39. The Kier molecular flexibility index (Phi) is 7.18. The number of carbonyl (C=O) groups is 3. The molecule has 0 aliphatic rings. The third-order valence-corrected chi connectivity index (χ3v) is 3.60. The Morgan fingerprint density at radius 2 is 1.74 bits per heavy atom. The lowest BCUT2D eigenvalue weighted by Gasteiger charge is -2.29. The van der Waals surface area contributed by atoms with Crippen molar-refractivity contribution in [3.05, 3.63) is 23.8 Å². The van der Waals surface area contributed by atoms with Gasteiger partial charge in [-0.15, -0.1) is 0 Å². The summed E-state index contributed by atoms with van der Waals surface area (Å²) in [6.07, 6.45) is 0.0131. The van der Waals surface area contributed by atoms with Crippen molar-refractivity contribution in [1.29, 1.82) is 0 Å². The zero-order valence-corrected chi connectivity index (χ0v) is 16.1. The minimum absolute atomic E-state index is 0.0131. The molecule has 0 spiro atoms. The van der Waals surface area contributed by atoms with E-state index < -0.39 is 35.5 Å². The molecule has 1 aromatic rings. The van der Waals surface area contributed by atoms with Gasteiger partial charge in [-0.05, 0) is 44.9 Å². The van der Waals surface area contributed by atoms with Crippen molar-refractivity contribution in [2.45, 2.75) is 44.9 Å². The number of phenolic OH excluding ortho intramolecular Hbond substituents is 2. The molecule has 4 N–H and O–H groups in total. The van der Waals surface area contributed by atoms with E-state index in [-0.39, 0.29) is 17.9 Å². The zero-order valence-electron chi connectivity index (χ0n) is 16.1. The van der Waals surface area contributed by atoms with Crippen LogP contribution in [0, 0.1) is 0 Å². The molecule has 0 radical (unpaired) electrons. The molecule has 0 fully saturated rings. The van der Waals surface area contributed by atoms with Crippen LogP contribution in [0.1, 0.15) is 26.3 Å². The van der Waals surface area contributed by atoms with Gasteiger partial charge in [-0.25, -0.2) is 9.59 Å². The standard InChI is InChI=1S/C18H26N2O7/c1-18(2,3)27-17(25)14(16(24)26-5)20(4)15(23)11(19)8-10-6-7-12(21)13(22)9-10/h6-7,9,11,14,21-22H,8,19H2,1-5H3/t11-,14?/m0/s1.